The Labute approximate surface area is 290 Å². The average Bonchev–Trinajstić information content (AvgIpc) is 3.73. The number of hydrogen-bond donors (Lipinski definition) is 1. The molecule has 50 heavy (non-hydrogen) atoms. The maximum absolute atomic E-state index is 7.15. The number of nitrogens with two attached hydrogens (primary N) is 1. The highest BCUT2D eigenvalue weighted by atomic mass is 16.5. The number of rotatable bonds is 6. The number of fused-ring (bicyclic) bond motifs is 7. The number of benzene rings is 5. The Morgan fingerprint density at radius 1 is 0.740 bits per heavy atom. The first-order valence-electron chi connectivity index (χ1n) is 16.9. The fourth-order valence-electron chi connectivity index (χ4n) is 7.19. The normalized spacial score (nSPS) is 16.3. The predicted octanol–water partition coefficient (Wildman–Crippen LogP) is 9.94. The van der Waals surface area contributed by atoms with Crippen LogP contribution in [0.2, 0.25) is 0 Å². The standard InChI is InChI=1S/C44H33N5O/c1-2-3-22-36(45)30-26-34-32-24-25-38-39(33-21-13-14-23-37(33)49(38)31-19-11-6-12-20-31)41(32)50-40(34)35(27-30)44-47-42(28-15-7-4-8-16-28)46-43(48-44)29-17-9-5-10-18-29/h2-27,32,41H,45H2,1H3/b3-2-,36-22-. The fourth-order valence-corrected chi connectivity index (χ4v) is 7.19. The van der Waals surface area contributed by atoms with E-state index < -0.39 is 0 Å². The Morgan fingerprint density at radius 2 is 1.36 bits per heavy atom. The summed E-state index contributed by atoms with van der Waals surface area (Å²) in [5.74, 6) is 2.44. The molecule has 7 aromatic rings. The summed E-state index contributed by atoms with van der Waals surface area (Å²) in [7, 11) is 0. The maximum atomic E-state index is 7.15. The van der Waals surface area contributed by atoms with E-state index in [4.69, 9.17) is 25.4 Å². The van der Waals surface area contributed by atoms with E-state index in [2.05, 4.69) is 77.4 Å². The van der Waals surface area contributed by atoms with Crippen LogP contribution in [0.3, 0.4) is 0 Å². The van der Waals surface area contributed by atoms with E-state index in [-0.39, 0.29) is 12.0 Å². The van der Waals surface area contributed by atoms with E-state index in [1.807, 2.05) is 91.9 Å². The maximum Gasteiger partial charge on any atom is 0.167 e. The van der Waals surface area contributed by atoms with Gasteiger partial charge in [-0.25, -0.2) is 15.0 Å². The minimum absolute atomic E-state index is 0.0372. The Morgan fingerprint density at radius 3 is 2.04 bits per heavy atom. The Balaban J connectivity index is 1.27. The van der Waals surface area contributed by atoms with Crippen molar-refractivity contribution in [2.75, 3.05) is 0 Å². The highest BCUT2D eigenvalue weighted by Gasteiger charge is 2.42. The lowest BCUT2D eigenvalue weighted by Gasteiger charge is -2.22. The van der Waals surface area contributed by atoms with Gasteiger partial charge < -0.3 is 15.0 Å². The number of hydrogen-bond acceptors (Lipinski definition) is 5. The summed E-state index contributed by atoms with van der Waals surface area (Å²) in [6.45, 7) is 1.98. The van der Waals surface area contributed by atoms with Gasteiger partial charge in [0.25, 0.3) is 0 Å². The molecule has 1 aliphatic heterocycles. The zero-order valence-corrected chi connectivity index (χ0v) is 27.4. The Bertz CT molecular complexity index is 2420. The molecule has 9 rings (SSSR count). The van der Waals surface area contributed by atoms with Gasteiger partial charge in [-0.3, -0.25) is 0 Å². The third kappa shape index (κ3) is 4.92. The lowest BCUT2D eigenvalue weighted by Crippen LogP contribution is -2.13. The number of para-hydroxylation sites is 2. The third-order valence-corrected chi connectivity index (χ3v) is 9.50. The second kappa shape index (κ2) is 12.2. The van der Waals surface area contributed by atoms with Gasteiger partial charge >= 0.3 is 0 Å². The largest absolute Gasteiger partial charge is 0.484 e. The van der Waals surface area contributed by atoms with Gasteiger partial charge in [0.15, 0.2) is 17.5 Å². The van der Waals surface area contributed by atoms with Crippen LogP contribution in [-0.4, -0.2) is 19.5 Å². The molecule has 5 aromatic carbocycles. The van der Waals surface area contributed by atoms with Crippen LogP contribution < -0.4 is 10.5 Å². The Hall–Kier alpha value is -6.53. The molecule has 2 aliphatic rings. The number of allylic oxidation sites excluding steroid dienone is 3. The molecule has 6 heteroatoms. The molecule has 1 aliphatic carbocycles. The zero-order valence-electron chi connectivity index (χ0n) is 27.4. The molecule has 0 saturated carbocycles. The Kier molecular flexibility index (Phi) is 7.20. The molecule has 0 fully saturated rings. The molecule has 3 heterocycles. The number of aromatic nitrogens is 4. The van der Waals surface area contributed by atoms with Crippen molar-refractivity contribution in [2.45, 2.75) is 18.9 Å². The smallest absolute Gasteiger partial charge is 0.167 e. The third-order valence-electron chi connectivity index (χ3n) is 9.50. The molecule has 240 valence electrons. The van der Waals surface area contributed by atoms with Crippen LogP contribution in [0, 0.1) is 0 Å². The summed E-state index contributed by atoms with van der Waals surface area (Å²) in [4.78, 5) is 15.1. The first kappa shape index (κ1) is 29.6. The van der Waals surface area contributed by atoms with Crippen LogP contribution in [0.1, 0.15) is 41.3 Å². The minimum atomic E-state index is -0.251. The predicted molar refractivity (Wildman–Crippen MR) is 202 cm³/mol. The molecular weight excluding hydrogens is 615 g/mol. The number of nitrogens with zero attached hydrogens (tertiary/aromatic N) is 4. The highest BCUT2D eigenvalue weighted by Crippen LogP contribution is 2.56. The van der Waals surface area contributed by atoms with Gasteiger partial charge in [-0.15, -0.1) is 0 Å². The summed E-state index contributed by atoms with van der Waals surface area (Å²) in [6, 6.07) is 43.4. The lowest BCUT2D eigenvalue weighted by molar-refractivity contribution is 0.225. The zero-order chi connectivity index (χ0) is 33.6. The van der Waals surface area contributed by atoms with E-state index in [0.29, 0.717) is 23.2 Å². The monoisotopic (exact) mass is 647 g/mol. The van der Waals surface area contributed by atoms with E-state index >= 15 is 0 Å². The molecule has 0 bridgehead atoms. The molecule has 0 amide bonds. The molecule has 0 saturated heterocycles. The summed E-state index contributed by atoms with van der Waals surface area (Å²) < 4.78 is 9.48. The van der Waals surface area contributed by atoms with Gasteiger partial charge in [-0.2, -0.15) is 0 Å². The molecule has 2 aromatic heterocycles. The van der Waals surface area contributed by atoms with E-state index in [1.165, 1.54) is 10.9 Å². The van der Waals surface area contributed by atoms with Crippen molar-refractivity contribution < 1.29 is 4.74 Å². The van der Waals surface area contributed by atoms with Crippen molar-refractivity contribution in [2.24, 2.45) is 5.73 Å². The van der Waals surface area contributed by atoms with Crippen LogP contribution >= 0.6 is 0 Å². The highest BCUT2D eigenvalue weighted by molar-refractivity contribution is 5.92. The summed E-state index contributed by atoms with van der Waals surface area (Å²) in [5.41, 5.74) is 16.5. The van der Waals surface area contributed by atoms with Crippen LogP contribution in [0.25, 0.3) is 62.5 Å². The molecule has 0 spiro atoms. The van der Waals surface area contributed by atoms with Crippen molar-refractivity contribution in [3.05, 3.63) is 174 Å². The van der Waals surface area contributed by atoms with Gasteiger partial charge in [0, 0.05) is 44.9 Å². The van der Waals surface area contributed by atoms with Gasteiger partial charge in [0.2, 0.25) is 0 Å². The van der Waals surface area contributed by atoms with Gasteiger partial charge in [0.1, 0.15) is 11.9 Å². The van der Waals surface area contributed by atoms with Crippen molar-refractivity contribution in [1.82, 2.24) is 19.5 Å². The topological polar surface area (TPSA) is 78.9 Å². The molecule has 2 unspecified atom stereocenters. The van der Waals surface area contributed by atoms with Gasteiger partial charge in [-0.1, -0.05) is 115 Å². The summed E-state index contributed by atoms with van der Waals surface area (Å²) >= 11 is 0. The van der Waals surface area contributed by atoms with Crippen LogP contribution in [-0.2, 0) is 0 Å². The summed E-state index contributed by atoms with van der Waals surface area (Å²) in [5, 5.41) is 1.17. The van der Waals surface area contributed by atoms with E-state index in [0.717, 1.165) is 50.5 Å². The first-order chi connectivity index (χ1) is 24.7. The van der Waals surface area contributed by atoms with Gasteiger partial charge in [0.05, 0.1) is 16.8 Å². The summed E-state index contributed by atoms with van der Waals surface area (Å²) in [6.07, 6.45) is 10.1. The molecule has 2 atom stereocenters. The molecular formula is C44H33N5O. The first-order valence-corrected chi connectivity index (χ1v) is 16.9. The molecule has 0 radical (unpaired) electrons. The lowest BCUT2D eigenvalue weighted by atomic mass is 9.84. The van der Waals surface area contributed by atoms with Crippen LogP contribution in [0.5, 0.6) is 5.75 Å². The van der Waals surface area contributed by atoms with E-state index in [9.17, 15) is 0 Å². The quantitative estimate of drug-likeness (QED) is 0.182. The van der Waals surface area contributed by atoms with E-state index in [1.54, 1.807) is 0 Å². The van der Waals surface area contributed by atoms with Crippen LogP contribution in [0.4, 0.5) is 0 Å². The number of ether oxygens (including phenoxy) is 1. The van der Waals surface area contributed by atoms with Crippen molar-refractivity contribution in [1.29, 1.82) is 0 Å². The SMILES string of the molecule is C/C=C\C=C(/N)c1cc(-c2nc(-c3ccccc3)nc(-c3ccccc3)n2)c2c(c1)C1C=Cc3c(c4ccccc4n3-c3ccccc3)C1O2. The molecule has 2 N–H and O–H groups in total. The second-order valence-corrected chi connectivity index (χ2v) is 12.5. The average molecular weight is 648 g/mol. The fraction of sp³-hybridized carbons (Fsp3) is 0.0682. The van der Waals surface area contributed by atoms with Gasteiger partial charge in [-0.05, 0) is 55.0 Å². The second-order valence-electron chi connectivity index (χ2n) is 12.5. The van der Waals surface area contributed by atoms with Crippen molar-refractivity contribution in [3.63, 3.8) is 0 Å². The van der Waals surface area contributed by atoms with Crippen molar-refractivity contribution >= 4 is 22.7 Å². The molecule has 6 nitrogen and oxygen atoms in total. The van der Waals surface area contributed by atoms with Crippen LogP contribution in [0.15, 0.2) is 152 Å². The van der Waals surface area contributed by atoms with Crippen molar-refractivity contribution in [3.8, 4) is 45.6 Å². The minimum Gasteiger partial charge on any atom is -0.484 e.